The number of ether oxygens (including phenoxy) is 1. The Morgan fingerprint density at radius 2 is 1.90 bits per heavy atom. The molecule has 1 aliphatic rings. The fourth-order valence-corrected chi connectivity index (χ4v) is 4.03. The van der Waals surface area contributed by atoms with Crippen LogP contribution in [0, 0.1) is 0 Å². The molecule has 2 heterocycles. The van der Waals surface area contributed by atoms with Crippen molar-refractivity contribution in [3.05, 3.63) is 33.9 Å². The minimum absolute atomic E-state index is 0.152. The van der Waals surface area contributed by atoms with Gasteiger partial charge in [0.15, 0.2) is 0 Å². The molecule has 1 aromatic carbocycles. The van der Waals surface area contributed by atoms with Gasteiger partial charge in [-0.1, -0.05) is 23.5 Å². The Hall–Kier alpha value is -1.17. The van der Waals surface area contributed by atoms with Gasteiger partial charge in [0.2, 0.25) is 0 Å². The second-order valence-corrected chi connectivity index (χ2v) is 6.81. The van der Waals surface area contributed by atoms with Crippen LogP contribution in [0.3, 0.4) is 0 Å². The summed E-state index contributed by atoms with van der Waals surface area (Å²) in [6.07, 6.45) is 0.995. The van der Waals surface area contributed by atoms with E-state index in [0.717, 1.165) is 42.9 Å². The molecule has 0 radical (unpaired) electrons. The highest BCUT2D eigenvalue weighted by Crippen LogP contribution is 2.18. The minimum atomic E-state index is 0.152. The zero-order chi connectivity index (χ0) is 14.8. The van der Waals surface area contributed by atoms with Gasteiger partial charge >= 0.3 is 4.87 Å². The van der Waals surface area contributed by atoms with Crippen LogP contribution in [0.2, 0.25) is 0 Å². The Morgan fingerprint density at radius 1 is 1.19 bits per heavy atom. The normalized spacial score (nSPS) is 23.7. The van der Waals surface area contributed by atoms with Gasteiger partial charge in [-0.05, 0) is 32.4 Å². The third-order valence-electron chi connectivity index (χ3n) is 4.22. The van der Waals surface area contributed by atoms with E-state index in [2.05, 4.69) is 18.7 Å². The maximum Gasteiger partial charge on any atom is 0.308 e. The molecule has 0 amide bonds. The highest BCUT2D eigenvalue weighted by atomic mass is 32.1. The number of nitrogens with zero attached hydrogens (tertiary/aromatic N) is 2. The number of fused-ring (bicyclic) bond motifs is 1. The molecule has 1 aromatic heterocycles. The van der Waals surface area contributed by atoms with E-state index in [-0.39, 0.29) is 4.87 Å². The quantitative estimate of drug-likeness (QED) is 0.871. The molecule has 1 fully saturated rings. The van der Waals surface area contributed by atoms with E-state index in [9.17, 15) is 4.79 Å². The minimum Gasteiger partial charge on any atom is -0.378 e. The van der Waals surface area contributed by atoms with E-state index in [1.807, 2.05) is 28.8 Å². The summed E-state index contributed by atoms with van der Waals surface area (Å²) in [7, 11) is 0. The van der Waals surface area contributed by atoms with Gasteiger partial charge in [0, 0.05) is 25.2 Å². The van der Waals surface area contributed by atoms with Crippen LogP contribution >= 0.6 is 11.3 Å². The number of aryl methyl sites for hydroxylation is 1. The van der Waals surface area contributed by atoms with Gasteiger partial charge in [-0.3, -0.25) is 14.3 Å². The highest BCUT2D eigenvalue weighted by Gasteiger charge is 2.24. The lowest BCUT2D eigenvalue weighted by Gasteiger charge is -2.38. The van der Waals surface area contributed by atoms with Crippen molar-refractivity contribution in [3.63, 3.8) is 0 Å². The van der Waals surface area contributed by atoms with Crippen molar-refractivity contribution < 1.29 is 4.74 Å². The molecule has 0 aliphatic carbocycles. The number of hydrogen-bond donors (Lipinski definition) is 0. The van der Waals surface area contributed by atoms with E-state index in [4.69, 9.17) is 4.74 Å². The fourth-order valence-electron chi connectivity index (χ4n) is 3.11. The van der Waals surface area contributed by atoms with Crippen LogP contribution in [0.25, 0.3) is 10.2 Å². The van der Waals surface area contributed by atoms with Crippen molar-refractivity contribution in [2.45, 2.75) is 38.9 Å². The van der Waals surface area contributed by atoms with E-state index in [0.29, 0.717) is 12.1 Å². The number of rotatable bonds is 4. The average Bonchev–Trinajstić information content (AvgIpc) is 2.78. The monoisotopic (exact) mass is 306 g/mol. The Bertz CT molecular complexity index is 654. The van der Waals surface area contributed by atoms with Crippen molar-refractivity contribution in [3.8, 4) is 0 Å². The van der Waals surface area contributed by atoms with E-state index >= 15 is 0 Å². The third-order valence-corrected chi connectivity index (χ3v) is 5.18. The van der Waals surface area contributed by atoms with Gasteiger partial charge in [0.05, 0.1) is 23.4 Å². The Balaban J connectivity index is 1.67. The zero-order valence-corrected chi connectivity index (χ0v) is 13.4. The first-order valence-electron chi connectivity index (χ1n) is 7.58. The number of para-hydroxylation sites is 1. The molecule has 2 aromatic rings. The standard InChI is InChI=1S/C16H22N2O2S/c1-12-10-20-11-13(2)17(12)8-5-9-18-14-6-3-4-7-15(14)21-16(18)19/h3-4,6-7,12-13H,5,8-11H2,1-2H3. The van der Waals surface area contributed by atoms with Crippen molar-refractivity contribution in [2.75, 3.05) is 19.8 Å². The van der Waals surface area contributed by atoms with Gasteiger partial charge in [-0.2, -0.15) is 0 Å². The number of aromatic nitrogens is 1. The van der Waals surface area contributed by atoms with E-state index < -0.39 is 0 Å². The van der Waals surface area contributed by atoms with E-state index in [1.54, 1.807) is 0 Å². The lowest BCUT2D eigenvalue weighted by molar-refractivity contribution is -0.0372. The zero-order valence-electron chi connectivity index (χ0n) is 12.6. The molecule has 1 aliphatic heterocycles. The molecule has 0 saturated carbocycles. The summed E-state index contributed by atoms with van der Waals surface area (Å²) < 4.78 is 8.55. The molecule has 1 saturated heterocycles. The van der Waals surface area contributed by atoms with Crippen LogP contribution in [-0.2, 0) is 11.3 Å². The fraction of sp³-hybridized carbons (Fsp3) is 0.562. The summed E-state index contributed by atoms with van der Waals surface area (Å²) in [6.45, 7) is 7.85. The highest BCUT2D eigenvalue weighted by molar-refractivity contribution is 7.16. The maximum absolute atomic E-state index is 12.1. The molecule has 21 heavy (non-hydrogen) atoms. The molecule has 0 spiro atoms. The second kappa shape index (κ2) is 6.30. The SMILES string of the molecule is CC1COCC(C)N1CCCn1c(=O)sc2ccccc21. The lowest BCUT2D eigenvalue weighted by Crippen LogP contribution is -2.49. The van der Waals surface area contributed by atoms with Gasteiger partial charge in [0.1, 0.15) is 0 Å². The van der Waals surface area contributed by atoms with Crippen molar-refractivity contribution >= 4 is 21.6 Å². The molecule has 4 nitrogen and oxygen atoms in total. The maximum atomic E-state index is 12.1. The van der Waals surface area contributed by atoms with Gasteiger partial charge < -0.3 is 4.74 Å². The first kappa shape index (κ1) is 14.8. The lowest BCUT2D eigenvalue weighted by atomic mass is 10.1. The molecule has 2 unspecified atom stereocenters. The van der Waals surface area contributed by atoms with Crippen LogP contribution < -0.4 is 4.87 Å². The van der Waals surface area contributed by atoms with Crippen molar-refractivity contribution in [1.29, 1.82) is 0 Å². The smallest absolute Gasteiger partial charge is 0.308 e. The van der Waals surface area contributed by atoms with Gasteiger partial charge in [-0.15, -0.1) is 0 Å². The molecule has 5 heteroatoms. The Labute approximate surface area is 128 Å². The van der Waals surface area contributed by atoms with Gasteiger partial charge in [-0.25, -0.2) is 0 Å². The van der Waals surface area contributed by atoms with Crippen LogP contribution in [-0.4, -0.2) is 41.3 Å². The summed E-state index contributed by atoms with van der Waals surface area (Å²) in [6, 6.07) is 8.96. The summed E-state index contributed by atoms with van der Waals surface area (Å²) in [5.74, 6) is 0. The topological polar surface area (TPSA) is 34.5 Å². The predicted molar refractivity (Wildman–Crippen MR) is 87.2 cm³/mol. The Morgan fingerprint density at radius 3 is 2.67 bits per heavy atom. The number of morpholine rings is 1. The largest absolute Gasteiger partial charge is 0.378 e. The molecule has 0 N–H and O–H groups in total. The number of thiazole rings is 1. The van der Waals surface area contributed by atoms with E-state index in [1.165, 1.54) is 11.3 Å². The molecule has 2 atom stereocenters. The van der Waals surface area contributed by atoms with Crippen molar-refractivity contribution in [2.24, 2.45) is 0 Å². The Kier molecular flexibility index (Phi) is 4.42. The molecular formula is C16H22N2O2S. The molecule has 0 bridgehead atoms. The third kappa shape index (κ3) is 3.05. The predicted octanol–water partition coefficient (Wildman–Crippen LogP) is 2.56. The first-order chi connectivity index (χ1) is 10.2. The van der Waals surface area contributed by atoms with Crippen LogP contribution in [0.15, 0.2) is 29.1 Å². The summed E-state index contributed by atoms with van der Waals surface area (Å²) in [4.78, 5) is 14.7. The second-order valence-electron chi connectivity index (χ2n) is 5.81. The first-order valence-corrected chi connectivity index (χ1v) is 8.40. The van der Waals surface area contributed by atoms with Crippen LogP contribution in [0.5, 0.6) is 0 Å². The number of benzene rings is 1. The van der Waals surface area contributed by atoms with Crippen molar-refractivity contribution in [1.82, 2.24) is 9.47 Å². The molecule has 3 rings (SSSR count). The average molecular weight is 306 g/mol. The van der Waals surface area contributed by atoms with Gasteiger partial charge in [0.25, 0.3) is 0 Å². The summed E-state index contributed by atoms with van der Waals surface area (Å²) in [5, 5.41) is 0. The summed E-state index contributed by atoms with van der Waals surface area (Å²) >= 11 is 1.34. The van der Waals surface area contributed by atoms with Crippen LogP contribution in [0.4, 0.5) is 0 Å². The number of hydrogen-bond acceptors (Lipinski definition) is 4. The molecule has 114 valence electrons. The van der Waals surface area contributed by atoms with Crippen LogP contribution in [0.1, 0.15) is 20.3 Å². The summed E-state index contributed by atoms with van der Waals surface area (Å²) in [5.41, 5.74) is 1.07. The molecular weight excluding hydrogens is 284 g/mol.